The first-order valence-corrected chi connectivity index (χ1v) is 3.03. The number of aldehydes is 1. The molecule has 0 aliphatic rings. The number of carbonyl (C=O) groups excluding carboxylic acids is 1. The van der Waals surface area contributed by atoms with Gasteiger partial charge in [-0.2, -0.15) is 0 Å². The van der Waals surface area contributed by atoms with Gasteiger partial charge >= 0.3 is 0 Å². The van der Waals surface area contributed by atoms with Crippen LogP contribution in [0.2, 0.25) is 0 Å². The Balaban J connectivity index is 3.44. The lowest BCUT2D eigenvalue weighted by Gasteiger charge is -2.09. The van der Waals surface area contributed by atoms with Gasteiger partial charge in [0.05, 0.1) is 6.10 Å². The Kier molecular flexibility index (Phi) is 4.26. The van der Waals surface area contributed by atoms with Crippen molar-refractivity contribution >= 4 is 6.29 Å². The van der Waals surface area contributed by atoms with Crippen LogP contribution in [0, 0.1) is 0 Å². The fraction of sp³-hybridized carbons (Fsp3) is 0.833. The second-order valence-corrected chi connectivity index (χ2v) is 1.98. The minimum atomic E-state index is -1.20. The predicted molar refractivity (Wildman–Crippen MR) is 33.0 cm³/mol. The standard InChI is InChI=1S/C6H12O3/c1-2-3-5(8)6(9)4-7/h4-6,8-9H,2-3H2,1H3. The molecule has 3 heteroatoms. The third-order valence-corrected chi connectivity index (χ3v) is 1.12. The van der Waals surface area contributed by atoms with Crippen molar-refractivity contribution in [3.05, 3.63) is 0 Å². The Bertz CT molecular complexity index is 82.4. The summed E-state index contributed by atoms with van der Waals surface area (Å²) < 4.78 is 0. The van der Waals surface area contributed by atoms with Crippen LogP contribution >= 0.6 is 0 Å². The quantitative estimate of drug-likeness (QED) is 0.517. The van der Waals surface area contributed by atoms with Gasteiger partial charge < -0.3 is 15.0 Å². The number of hydrogen-bond donors (Lipinski definition) is 2. The van der Waals surface area contributed by atoms with Crippen LogP contribution in [-0.4, -0.2) is 28.7 Å². The molecule has 0 fully saturated rings. The summed E-state index contributed by atoms with van der Waals surface area (Å²) in [6, 6.07) is 0. The van der Waals surface area contributed by atoms with Crippen molar-refractivity contribution in [2.75, 3.05) is 0 Å². The molecule has 0 rings (SSSR count). The molecule has 0 aliphatic heterocycles. The van der Waals surface area contributed by atoms with Crippen LogP contribution in [0.1, 0.15) is 19.8 Å². The molecular weight excluding hydrogens is 120 g/mol. The topological polar surface area (TPSA) is 57.5 Å². The first kappa shape index (κ1) is 8.59. The number of rotatable bonds is 4. The molecular formula is C6H12O3. The largest absolute Gasteiger partial charge is 0.390 e. The maximum Gasteiger partial charge on any atom is 0.151 e. The van der Waals surface area contributed by atoms with E-state index < -0.39 is 12.2 Å². The molecule has 0 spiro atoms. The Hall–Kier alpha value is -0.410. The van der Waals surface area contributed by atoms with Gasteiger partial charge in [0.25, 0.3) is 0 Å². The van der Waals surface area contributed by atoms with Gasteiger partial charge in [0.1, 0.15) is 6.10 Å². The maximum atomic E-state index is 9.81. The fourth-order valence-corrected chi connectivity index (χ4v) is 0.557. The summed E-state index contributed by atoms with van der Waals surface area (Å²) in [5.74, 6) is 0. The highest BCUT2D eigenvalue weighted by atomic mass is 16.3. The smallest absolute Gasteiger partial charge is 0.151 e. The van der Waals surface area contributed by atoms with E-state index in [0.717, 1.165) is 6.42 Å². The molecule has 0 aliphatic carbocycles. The van der Waals surface area contributed by atoms with Crippen LogP contribution in [0.5, 0.6) is 0 Å². The SMILES string of the molecule is CCCC(O)C(O)C=O. The Morgan fingerprint density at radius 3 is 2.44 bits per heavy atom. The summed E-state index contributed by atoms with van der Waals surface area (Å²) in [6.45, 7) is 1.88. The molecule has 2 unspecified atom stereocenters. The van der Waals surface area contributed by atoms with Crippen molar-refractivity contribution in [1.82, 2.24) is 0 Å². The lowest BCUT2D eigenvalue weighted by atomic mass is 10.1. The first-order valence-electron chi connectivity index (χ1n) is 3.03. The van der Waals surface area contributed by atoms with Crippen molar-refractivity contribution in [2.45, 2.75) is 32.0 Å². The van der Waals surface area contributed by atoms with E-state index in [2.05, 4.69) is 0 Å². The van der Waals surface area contributed by atoms with Crippen molar-refractivity contribution in [2.24, 2.45) is 0 Å². The summed E-state index contributed by atoms with van der Waals surface area (Å²) in [5.41, 5.74) is 0. The molecule has 0 amide bonds. The fourth-order valence-electron chi connectivity index (χ4n) is 0.557. The molecule has 0 bridgehead atoms. The van der Waals surface area contributed by atoms with Gasteiger partial charge in [0, 0.05) is 0 Å². The van der Waals surface area contributed by atoms with Crippen LogP contribution in [0.15, 0.2) is 0 Å². The van der Waals surface area contributed by atoms with Gasteiger partial charge in [0.2, 0.25) is 0 Å². The van der Waals surface area contributed by atoms with Crippen LogP contribution < -0.4 is 0 Å². The third kappa shape index (κ3) is 3.21. The van der Waals surface area contributed by atoms with Crippen molar-refractivity contribution < 1.29 is 15.0 Å². The number of carbonyl (C=O) groups is 1. The third-order valence-electron chi connectivity index (χ3n) is 1.12. The van der Waals surface area contributed by atoms with E-state index in [1.165, 1.54) is 0 Å². The molecule has 9 heavy (non-hydrogen) atoms. The van der Waals surface area contributed by atoms with Crippen LogP contribution in [0.25, 0.3) is 0 Å². The van der Waals surface area contributed by atoms with Gasteiger partial charge in [0.15, 0.2) is 6.29 Å². The summed E-state index contributed by atoms with van der Waals surface area (Å²) in [7, 11) is 0. The van der Waals surface area contributed by atoms with Crippen LogP contribution in [-0.2, 0) is 4.79 Å². The summed E-state index contributed by atoms with van der Waals surface area (Å²) in [4.78, 5) is 9.81. The molecule has 0 radical (unpaired) electrons. The normalized spacial score (nSPS) is 16.8. The summed E-state index contributed by atoms with van der Waals surface area (Å²) >= 11 is 0. The van der Waals surface area contributed by atoms with E-state index in [4.69, 9.17) is 10.2 Å². The first-order chi connectivity index (χ1) is 4.22. The molecule has 0 heterocycles. The molecule has 0 aromatic carbocycles. The number of hydrogen-bond acceptors (Lipinski definition) is 3. The number of aliphatic hydroxyl groups is 2. The zero-order valence-electron chi connectivity index (χ0n) is 5.45. The van der Waals surface area contributed by atoms with Gasteiger partial charge in [-0.1, -0.05) is 13.3 Å². The Labute approximate surface area is 54.3 Å². The minimum Gasteiger partial charge on any atom is -0.390 e. The average Bonchev–Trinajstić information content (AvgIpc) is 1.87. The average molecular weight is 132 g/mol. The Morgan fingerprint density at radius 2 is 2.11 bits per heavy atom. The van der Waals surface area contributed by atoms with E-state index in [1.54, 1.807) is 0 Å². The van der Waals surface area contributed by atoms with Gasteiger partial charge in [-0.25, -0.2) is 0 Å². The zero-order valence-corrected chi connectivity index (χ0v) is 5.45. The summed E-state index contributed by atoms with van der Waals surface area (Å²) in [5, 5.41) is 17.5. The molecule has 54 valence electrons. The molecule has 0 saturated heterocycles. The van der Waals surface area contributed by atoms with Gasteiger partial charge in [-0.3, -0.25) is 0 Å². The highest BCUT2D eigenvalue weighted by molar-refractivity contribution is 5.56. The van der Waals surface area contributed by atoms with Crippen molar-refractivity contribution in [3.63, 3.8) is 0 Å². The summed E-state index contributed by atoms with van der Waals surface area (Å²) in [6.07, 6.45) is -0.496. The predicted octanol–water partition coefficient (Wildman–Crippen LogP) is -0.293. The molecule has 0 aromatic heterocycles. The second-order valence-electron chi connectivity index (χ2n) is 1.98. The number of aliphatic hydroxyl groups excluding tert-OH is 2. The monoisotopic (exact) mass is 132 g/mol. The molecule has 2 N–H and O–H groups in total. The molecule has 0 aromatic rings. The lowest BCUT2D eigenvalue weighted by Crippen LogP contribution is -2.26. The van der Waals surface area contributed by atoms with Crippen molar-refractivity contribution in [1.29, 1.82) is 0 Å². The molecule has 3 nitrogen and oxygen atoms in total. The lowest BCUT2D eigenvalue weighted by molar-refractivity contribution is -0.120. The van der Waals surface area contributed by atoms with E-state index in [9.17, 15) is 4.79 Å². The maximum absolute atomic E-state index is 9.81. The highest BCUT2D eigenvalue weighted by Crippen LogP contribution is 1.98. The molecule has 2 atom stereocenters. The van der Waals surface area contributed by atoms with E-state index in [0.29, 0.717) is 12.7 Å². The highest BCUT2D eigenvalue weighted by Gasteiger charge is 2.12. The van der Waals surface area contributed by atoms with E-state index in [-0.39, 0.29) is 0 Å². The minimum absolute atomic E-state index is 0.348. The van der Waals surface area contributed by atoms with Crippen LogP contribution in [0.3, 0.4) is 0 Å². The van der Waals surface area contributed by atoms with Gasteiger partial charge in [-0.05, 0) is 6.42 Å². The van der Waals surface area contributed by atoms with Crippen molar-refractivity contribution in [3.8, 4) is 0 Å². The molecule has 0 saturated carbocycles. The van der Waals surface area contributed by atoms with Gasteiger partial charge in [-0.15, -0.1) is 0 Å². The zero-order chi connectivity index (χ0) is 7.28. The Morgan fingerprint density at radius 1 is 1.56 bits per heavy atom. The van der Waals surface area contributed by atoms with Crippen LogP contribution in [0.4, 0.5) is 0 Å². The second kappa shape index (κ2) is 4.47. The van der Waals surface area contributed by atoms with E-state index >= 15 is 0 Å². The van der Waals surface area contributed by atoms with E-state index in [1.807, 2.05) is 6.92 Å².